The maximum absolute atomic E-state index is 6.46. The molecule has 1 aromatic rings. The van der Waals surface area contributed by atoms with E-state index >= 15 is 0 Å². The van der Waals surface area contributed by atoms with Gasteiger partial charge in [-0.2, -0.15) is 0 Å². The summed E-state index contributed by atoms with van der Waals surface area (Å²) in [5.74, 6) is 0. The maximum Gasteiger partial charge on any atom is -1.00 e. The first-order chi connectivity index (χ1) is 7.95. The van der Waals surface area contributed by atoms with E-state index in [2.05, 4.69) is 58.9 Å². The van der Waals surface area contributed by atoms with Crippen LogP contribution in [0, 0.1) is 0 Å². The number of rotatable bonds is 3. The van der Waals surface area contributed by atoms with Crippen LogP contribution < -0.4 is 32.9 Å². The number of halogens is 2. The van der Waals surface area contributed by atoms with Crippen molar-refractivity contribution in [3.8, 4) is 0 Å². The van der Waals surface area contributed by atoms with Crippen molar-refractivity contribution in [2.45, 2.75) is 34.6 Å². The molecule has 19 heavy (non-hydrogen) atoms. The molecular formula is C15H22Cl2NTi. The summed E-state index contributed by atoms with van der Waals surface area (Å²) >= 11 is -1.76. The first-order valence-electron chi connectivity index (χ1n) is 5.95. The van der Waals surface area contributed by atoms with E-state index in [0.29, 0.717) is 0 Å². The first-order valence-corrected chi connectivity index (χ1v) is 8.41. The van der Waals surface area contributed by atoms with Gasteiger partial charge in [0, 0.05) is 0 Å². The van der Waals surface area contributed by atoms with Crippen molar-refractivity contribution < 1.29 is 42.9 Å². The van der Waals surface area contributed by atoms with Gasteiger partial charge in [0.2, 0.25) is 0 Å². The van der Waals surface area contributed by atoms with Crippen LogP contribution in [0.1, 0.15) is 34.6 Å². The Hall–Kier alpha value is -0.0457. The first kappa shape index (κ1) is 21.3. The zero-order valence-electron chi connectivity index (χ0n) is 12.2. The molecule has 1 nitrogen and oxygen atoms in total. The molecule has 2 N–H and O–H groups in total. The average molecular weight is 335 g/mol. The smallest absolute Gasteiger partial charge is 1.00 e. The molecule has 0 bridgehead atoms. The molecule has 0 saturated heterocycles. The predicted octanol–water partition coefficient (Wildman–Crippen LogP) is -2.54. The van der Waals surface area contributed by atoms with E-state index < -0.39 is 18.1 Å². The van der Waals surface area contributed by atoms with E-state index in [1.165, 1.54) is 24.5 Å². The molecule has 0 amide bonds. The van der Waals surface area contributed by atoms with Crippen LogP contribution in [0.3, 0.4) is 0 Å². The third kappa shape index (κ3) is 5.85. The van der Waals surface area contributed by atoms with Crippen molar-refractivity contribution in [3.63, 3.8) is 0 Å². The summed E-state index contributed by atoms with van der Waals surface area (Å²) in [5.41, 5.74) is 4.14. The Bertz CT molecular complexity index is 448. The third-order valence-electron chi connectivity index (χ3n) is 3.36. The zero-order chi connectivity index (χ0) is 13.0. The van der Waals surface area contributed by atoms with Crippen molar-refractivity contribution in [2.75, 3.05) is 0 Å². The van der Waals surface area contributed by atoms with Crippen LogP contribution in [-0.4, -0.2) is 0 Å². The van der Waals surface area contributed by atoms with Gasteiger partial charge in [-0.25, -0.2) is 0 Å². The van der Waals surface area contributed by atoms with E-state index in [0.717, 1.165) is 0 Å². The molecule has 0 atom stereocenters. The largest absolute Gasteiger partial charge is 1.00 e. The van der Waals surface area contributed by atoms with E-state index in [1.807, 2.05) is 6.07 Å². The molecule has 0 aliphatic heterocycles. The Labute approximate surface area is 136 Å². The second-order valence-corrected chi connectivity index (χ2v) is 8.02. The standard InChI is InChI=1S/C9H15.C6H5.2ClH.H2N.Ti/c1-6-8(4)9(5)7(2)3;1-2-4-6-5-3-1;;;;/h1-5H3;1-5H;2*1H;1H2;/q;;;;-1;+3/p-2. The van der Waals surface area contributed by atoms with Crippen molar-refractivity contribution in [1.29, 1.82) is 0 Å². The molecule has 0 spiro atoms. The van der Waals surface area contributed by atoms with Gasteiger partial charge in [0.05, 0.1) is 0 Å². The molecule has 0 heterocycles. The molecule has 0 aliphatic carbocycles. The van der Waals surface area contributed by atoms with Crippen LogP contribution in [0.5, 0.6) is 0 Å². The summed E-state index contributed by atoms with van der Waals surface area (Å²) in [4.78, 5) is 0. The monoisotopic (exact) mass is 334 g/mol. The maximum atomic E-state index is 6.46. The number of benzene rings is 1. The zero-order valence-corrected chi connectivity index (χ0v) is 15.3. The van der Waals surface area contributed by atoms with Crippen LogP contribution >= 0.6 is 0 Å². The quantitative estimate of drug-likeness (QED) is 0.478. The van der Waals surface area contributed by atoms with Gasteiger partial charge in [0.15, 0.2) is 0 Å². The fourth-order valence-corrected chi connectivity index (χ4v) is 4.15. The number of allylic oxidation sites excluding steroid dienone is 4. The minimum atomic E-state index is -1.76. The van der Waals surface area contributed by atoms with Gasteiger partial charge < -0.3 is 24.8 Å². The normalized spacial score (nSPS) is 10.6. The van der Waals surface area contributed by atoms with Gasteiger partial charge in [0.25, 0.3) is 0 Å². The fourth-order valence-electron chi connectivity index (χ4n) is 1.69. The Balaban J connectivity index is 0. The molecule has 105 valence electrons. The summed E-state index contributed by atoms with van der Waals surface area (Å²) in [6.45, 7) is 10.9. The molecule has 0 unspecified atom stereocenters. The van der Waals surface area contributed by atoms with Gasteiger partial charge in [-0.15, -0.1) is 0 Å². The number of hydrogen-bond acceptors (Lipinski definition) is 1. The van der Waals surface area contributed by atoms with E-state index in [9.17, 15) is 0 Å². The molecule has 0 aliphatic rings. The molecule has 1 rings (SSSR count). The van der Waals surface area contributed by atoms with Gasteiger partial charge in [-0.05, 0) is 0 Å². The minimum absolute atomic E-state index is 0. The van der Waals surface area contributed by atoms with Crippen molar-refractivity contribution in [3.05, 3.63) is 50.9 Å². The van der Waals surface area contributed by atoms with Gasteiger partial charge >= 0.3 is 112 Å². The van der Waals surface area contributed by atoms with Crippen molar-refractivity contribution >= 4 is 3.87 Å². The molecule has 0 fully saturated rings. The Morgan fingerprint density at radius 1 is 0.842 bits per heavy atom. The topological polar surface area (TPSA) is 26.0 Å². The molecule has 0 saturated carbocycles. The second-order valence-electron chi connectivity index (χ2n) is 4.65. The summed E-state index contributed by atoms with van der Waals surface area (Å²) in [6, 6.07) is 10.5. The fraction of sp³-hybridized carbons (Fsp3) is 0.333. The summed E-state index contributed by atoms with van der Waals surface area (Å²) in [6.07, 6.45) is 0. The van der Waals surface area contributed by atoms with Crippen LogP contribution in [0.15, 0.2) is 50.9 Å². The molecule has 0 aromatic heterocycles. The number of nitrogens with two attached hydrogens (primary N) is 1. The van der Waals surface area contributed by atoms with Crippen molar-refractivity contribution in [2.24, 2.45) is 4.22 Å². The predicted molar refractivity (Wildman–Crippen MR) is 72.7 cm³/mol. The molecule has 1 aromatic carbocycles. The Morgan fingerprint density at radius 3 is 1.74 bits per heavy atom. The van der Waals surface area contributed by atoms with Gasteiger partial charge in [-0.3, -0.25) is 0 Å². The SMILES string of the molecule is CC(C)=C(C)C(C)=[C](C)[Ti+2]([NH2])[c]1ccccc1.[Cl-].[Cl-]. The Morgan fingerprint density at radius 2 is 1.32 bits per heavy atom. The number of hydrogen-bond donors (Lipinski definition) is 1. The van der Waals surface area contributed by atoms with E-state index in [-0.39, 0.29) is 24.8 Å². The Kier molecular flexibility index (Phi) is 11.0. The third-order valence-corrected chi connectivity index (χ3v) is 6.70. The van der Waals surface area contributed by atoms with Crippen LogP contribution in [0.25, 0.3) is 0 Å². The van der Waals surface area contributed by atoms with Gasteiger partial charge in [0.1, 0.15) is 0 Å². The molecule has 0 radical (unpaired) electrons. The summed E-state index contributed by atoms with van der Waals surface area (Å²) < 4.78 is 9.21. The molecule has 4 heteroatoms. The van der Waals surface area contributed by atoms with Crippen LogP contribution in [0.2, 0.25) is 0 Å². The van der Waals surface area contributed by atoms with E-state index in [1.54, 1.807) is 0 Å². The van der Waals surface area contributed by atoms with Crippen LogP contribution in [0.4, 0.5) is 0 Å². The van der Waals surface area contributed by atoms with Crippen molar-refractivity contribution in [1.82, 2.24) is 0 Å². The van der Waals surface area contributed by atoms with E-state index in [4.69, 9.17) is 4.22 Å². The van der Waals surface area contributed by atoms with Crippen LogP contribution in [-0.2, 0) is 18.1 Å². The minimum Gasteiger partial charge on any atom is -1.00 e. The summed E-state index contributed by atoms with van der Waals surface area (Å²) in [7, 11) is 0. The van der Waals surface area contributed by atoms with Gasteiger partial charge in [-0.1, -0.05) is 0 Å². The average Bonchev–Trinajstić information content (AvgIpc) is 2.36. The summed E-state index contributed by atoms with van der Waals surface area (Å²) in [5, 5.41) is 0. The molecular weight excluding hydrogens is 313 g/mol. The second kappa shape index (κ2) is 9.79.